The number of primary amides is 1. The van der Waals surface area contributed by atoms with Crippen molar-refractivity contribution in [1.82, 2.24) is 4.72 Å². The second-order valence-corrected chi connectivity index (χ2v) is 3.83. The van der Waals surface area contributed by atoms with Gasteiger partial charge in [-0.1, -0.05) is 30.4 Å². The van der Waals surface area contributed by atoms with E-state index in [4.69, 9.17) is 18.0 Å². The summed E-state index contributed by atoms with van der Waals surface area (Å²) in [4.78, 5) is 10.4. The molecule has 74 valence electrons. The quantitative estimate of drug-likeness (QED) is 0.504. The number of carbonyl (C=O) groups is 1. The number of benzene rings is 1. The Hall–Kier alpha value is -1.27. The molecule has 4 nitrogen and oxygen atoms in total. The third-order valence-corrected chi connectivity index (χ3v) is 2.21. The van der Waals surface area contributed by atoms with Crippen molar-refractivity contribution in [3.05, 3.63) is 30.3 Å². The number of anilines is 1. The SMILES string of the molecule is NC(=O)NSC(=S)Nc1ccccc1. The number of amides is 2. The summed E-state index contributed by atoms with van der Waals surface area (Å²) >= 11 is 5.91. The normalized spacial score (nSPS) is 9.14. The molecule has 1 aromatic rings. The number of thiocarbonyl (C=S) groups is 1. The first-order valence-electron chi connectivity index (χ1n) is 3.77. The van der Waals surface area contributed by atoms with Gasteiger partial charge in [-0.3, -0.25) is 4.72 Å². The lowest BCUT2D eigenvalue weighted by Gasteiger charge is -2.05. The van der Waals surface area contributed by atoms with E-state index in [1.165, 1.54) is 0 Å². The zero-order valence-corrected chi connectivity index (χ0v) is 8.82. The molecular weight excluding hydrogens is 218 g/mol. The van der Waals surface area contributed by atoms with Crippen LogP contribution in [0.4, 0.5) is 10.5 Å². The molecule has 1 aromatic carbocycles. The van der Waals surface area contributed by atoms with Crippen molar-refractivity contribution in [3.63, 3.8) is 0 Å². The molecular formula is C8H9N3OS2. The Morgan fingerprint density at radius 2 is 2.00 bits per heavy atom. The number of nitrogens with one attached hydrogen (secondary N) is 2. The number of nitrogens with two attached hydrogens (primary N) is 1. The van der Waals surface area contributed by atoms with Crippen LogP contribution in [0, 0.1) is 0 Å². The van der Waals surface area contributed by atoms with Gasteiger partial charge in [0.05, 0.1) is 0 Å². The molecule has 0 unspecified atom stereocenters. The van der Waals surface area contributed by atoms with Crippen LogP contribution in [0.3, 0.4) is 0 Å². The molecule has 0 aliphatic carbocycles. The lowest BCUT2D eigenvalue weighted by molar-refractivity contribution is 0.254. The molecule has 1 rings (SSSR count). The maximum atomic E-state index is 10.4. The highest BCUT2D eigenvalue weighted by Gasteiger charge is 1.99. The number of urea groups is 1. The Kier molecular flexibility index (Phi) is 4.21. The molecule has 0 aliphatic rings. The fourth-order valence-corrected chi connectivity index (χ4v) is 1.37. The van der Waals surface area contributed by atoms with Crippen molar-refractivity contribution in [2.75, 3.05) is 5.32 Å². The summed E-state index contributed by atoms with van der Waals surface area (Å²) in [6.07, 6.45) is 0. The average molecular weight is 227 g/mol. The van der Waals surface area contributed by atoms with Gasteiger partial charge < -0.3 is 11.1 Å². The molecule has 6 heteroatoms. The molecule has 0 saturated heterocycles. The summed E-state index contributed by atoms with van der Waals surface area (Å²) < 4.78 is 2.76. The Bertz CT molecular complexity index is 329. The highest BCUT2D eigenvalue weighted by molar-refractivity contribution is 8.22. The smallest absolute Gasteiger partial charge is 0.322 e. The number of rotatable bonds is 1. The van der Waals surface area contributed by atoms with E-state index in [9.17, 15) is 4.79 Å². The van der Waals surface area contributed by atoms with Crippen LogP contribution in [0.2, 0.25) is 0 Å². The van der Waals surface area contributed by atoms with Gasteiger partial charge >= 0.3 is 6.03 Å². The number of para-hydroxylation sites is 1. The highest BCUT2D eigenvalue weighted by atomic mass is 32.2. The molecule has 0 aromatic heterocycles. The van der Waals surface area contributed by atoms with Gasteiger partial charge in [-0.05, 0) is 12.1 Å². The second-order valence-electron chi connectivity index (χ2n) is 2.35. The van der Waals surface area contributed by atoms with E-state index < -0.39 is 6.03 Å². The lowest BCUT2D eigenvalue weighted by atomic mass is 10.3. The molecule has 0 heterocycles. The molecule has 0 saturated carbocycles. The number of hydrogen-bond acceptors (Lipinski definition) is 3. The summed E-state index contributed by atoms with van der Waals surface area (Å²) in [5.74, 6) is 0. The number of carbonyl (C=O) groups excluding carboxylic acids is 1. The summed E-state index contributed by atoms with van der Waals surface area (Å²) in [6.45, 7) is 0. The standard InChI is InChI=1S/C8H9N3OS2/c9-7(12)11-14-8(13)10-6-4-2-1-3-5-6/h1-5H,(H,10,13)(H3,9,11,12). The summed E-state index contributed by atoms with van der Waals surface area (Å²) in [7, 11) is 0. The van der Waals surface area contributed by atoms with Crippen molar-refractivity contribution in [2.45, 2.75) is 0 Å². The molecule has 0 radical (unpaired) electrons. The van der Waals surface area contributed by atoms with Gasteiger partial charge in [-0.15, -0.1) is 0 Å². The van der Waals surface area contributed by atoms with E-state index in [1.54, 1.807) is 0 Å². The summed E-state index contributed by atoms with van der Waals surface area (Å²) in [5, 5.41) is 2.92. The predicted molar refractivity (Wildman–Crippen MR) is 63.0 cm³/mol. The summed E-state index contributed by atoms with van der Waals surface area (Å²) in [6, 6.07) is 8.80. The van der Waals surface area contributed by atoms with Crippen LogP contribution < -0.4 is 15.8 Å². The molecule has 0 aliphatic heterocycles. The van der Waals surface area contributed by atoms with E-state index in [2.05, 4.69) is 10.0 Å². The van der Waals surface area contributed by atoms with Crippen LogP contribution in [0.25, 0.3) is 0 Å². The zero-order chi connectivity index (χ0) is 10.4. The Morgan fingerprint density at radius 3 is 2.57 bits per heavy atom. The van der Waals surface area contributed by atoms with Gasteiger partial charge in [0.2, 0.25) is 0 Å². The zero-order valence-electron chi connectivity index (χ0n) is 7.19. The van der Waals surface area contributed by atoms with Crippen molar-refractivity contribution >= 4 is 40.2 Å². The van der Waals surface area contributed by atoms with Crippen LogP contribution >= 0.6 is 24.2 Å². The third-order valence-electron chi connectivity index (χ3n) is 1.26. The van der Waals surface area contributed by atoms with Gasteiger partial charge in [-0.25, -0.2) is 4.79 Å². The maximum Gasteiger partial charge on any atom is 0.322 e. The van der Waals surface area contributed by atoms with E-state index in [1.807, 2.05) is 30.3 Å². The van der Waals surface area contributed by atoms with Gasteiger partial charge in [0.25, 0.3) is 0 Å². The van der Waals surface area contributed by atoms with E-state index in [-0.39, 0.29) is 0 Å². The van der Waals surface area contributed by atoms with Crippen molar-refractivity contribution < 1.29 is 4.79 Å². The van der Waals surface area contributed by atoms with Crippen LogP contribution in [0.5, 0.6) is 0 Å². The van der Waals surface area contributed by atoms with Crippen LogP contribution in [-0.2, 0) is 0 Å². The van der Waals surface area contributed by atoms with E-state index in [0.717, 1.165) is 17.6 Å². The van der Waals surface area contributed by atoms with Gasteiger partial charge in [-0.2, -0.15) is 0 Å². The fraction of sp³-hybridized carbons (Fsp3) is 0. The Balaban J connectivity index is 2.38. The second kappa shape index (κ2) is 5.46. The van der Waals surface area contributed by atoms with Crippen molar-refractivity contribution in [1.29, 1.82) is 0 Å². The van der Waals surface area contributed by atoms with Crippen LogP contribution in [0.1, 0.15) is 0 Å². The van der Waals surface area contributed by atoms with Crippen LogP contribution in [0.15, 0.2) is 30.3 Å². The minimum Gasteiger partial charge on any atom is -0.351 e. The molecule has 14 heavy (non-hydrogen) atoms. The van der Waals surface area contributed by atoms with Gasteiger partial charge in [0.15, 0.2) is 4.32 Å². The Labute approximate surface area is 91.4 Å². The molecule has 2 amide bonds. The van der Waals surface area contributed by atoms with Crippen molar-refractivity contribution in [2.24, 2.45) is 5.73 Å². The highest BCUT2D eigenvalue weighted by Crippen LogP contribution is 2.08. The average Bonchev–Trinajstić information content (AvgIpc) is 2.16. The molecule has 4 N–H and O–H groups in total. The number of hydrogen-bond donors (Lipinski definition) is 3. The monoisotopic (exact) mass is 227 g/mol. The molecule has 0 atom stereocenters. The molecule has 0 bridgehead atoms. The molecule has 0 fully saturated rings. The molecule has 0 spiro atoms. The predicted octanol–water partition coefficient (Wildman–Crippen LogP) is 1.70. The van der Waals surface area contributed by atoms with Gasteiger partial charge in [0.1, 0.15) is 0 Å². The van der Waals surface area contributed by atoms with Crippen molar-refractivity contribution in [3.8, 4) is 0 Å². The lowest BCUT2D eigenvalue weighted by Crippen LogP contribution is -2.25. The third kappa shape index (κ3) is 4.11. The largest absolute Gasteiger partial charge is 0.351 e. The van der Waals surface area contributed by atoms with E-state index in [0.29, 0.717) is 4.32 Å². The minimum atomic E-state index is -0.618. The van der Waals surface area contributed by atoms with E-state index >= 15 is 0 Å². The maximum absolute atomic E-state index is 10.4. The topological polar surface area (TPSA) is 67.2 Å². The fourth-order valence-electron chi connectivity index (χ4n) is 0.761. The van der Waals surface area contributed by atoms with Gasteiger partial charge in [0, 0.05) is 17.6 Å². The first kappa shape index (κ1) is 10.8. The van der Waals surface area contributed by atoms with Crippen LogP contribution in [-0.4, -0.2) is 10.4 Å². The first-order chi connectivity index (χ1) is 6.68. The first-order valence-corrected chi connectivity index (χ1v) is 4.99. The minimum absolute atomic E-state index is 0.440. The Morgan fingerprint density at radius 1 is 1.36 bits per heavy atom. The summed E-state index contributed by atoms with van der Waals surface area (Å²) in [5.41, 5.74) is 5.75.